The third-order valence-electron chi connectivity index (χ3n) is 2.82. The normalized spacial score (nSPS) is 12.9. The highest BCUT2D eigenvalue weighted by molar-refractivity contribution is 14.1. The predicted molar refractivity (Wildman–Crippen MR) is 82.8 cm³/mol. The van der Waals surface area contributed by atoms with Crippen LogP contribution in [0.2, 0.25) is 0 Å². The van der Waals surface area contributed by atoms with E-state index in [0.29, 0.717) is 0 Å². The van der Waals surface area contributed by atoms with Crippen LogP contribution in [0.1, 0.15) is 18.9 Å². The molecule has 0 radical (unpaired) electrons. The van der Waals surface area contributed by atoms with Crippen molar-refractivity contribution in [2.75, 3.05) is 20.8 Å². The van der Waals surface area contributed by atoms with E-state index < -0.39 is 0 Å². The molecule has 102 valence electrons. The summed E-state index contributed by atoms with van der Waals surface area (Å²) in [6.45, 7) is 3.13. The smallest absolute Gasteiger partial charge is 0.172 e. The van der Waals surface area contributed by atoms with Gasteiger partial charge in [0.2, 0.25) is 0 Å². The zero-order chi connectivity index (χ0) is 13.4. The lowest BCUT2D eigenvalue weighted by atomic mass is 10.1. The molecule has 0 aromatic heterocycles. The van der Waals surface area contributed by atoms with Crippen molar-refractivity contribution in [2.45, 2.75) is 32.1 Å². The standard InChI is InChI=1S/C14H22INO2/c1-4-9-16-13(14(17-2)18-3)10-11-5-7-12(15)8-6-11/h5-8,13-14,16H,4,9-10H2,1-3H3. The van der Waals surface area contributed by atoms with Gasteiger partial charge in [0.1, 0.15) is 0 Å². The summed E-state index contributed by atoms with van der Waals surface area (Å²) in [7, 11) is 3.37. The maximum absolute atomic E-state index is 5.37. The van der Waals surface area contributed by atoms with E-state index in [-0.39, 0.29) is 12.3 Å². The Labute approximate surface area is 123 Å². The van der Waals surface area contributed by atoms with Gasteiger partial charge in [-0.3, -0.25) is 0 Å². The Morgan fingerprint density at radius 2 is 1.78 bits per heavy atom. The fraction of sp³-hybridized carbons (Fsp3) is 0.571. The van der Waals surface area contributed by atoms with E-state index in [0.717, 1.165) is 19.4 Å². The molecule has 1 rings (SSSR count). The number of halogens is 1. The molecule has 0 saturated carbocycles. The predicted octanol–water partition coefficient (Wildman–Crippen LogP) is 2.82. The van der Waals surface area contributed by atoms with Gasteiger partial charge in [0, 0.05) is 17.8 Å². The first-order chi connectivity index (χ1) is 8.71. The Balaban J connectivity index is 2.67. The number of hydrogen-bond donors (Lipinski definition) is 1. The summed E-state index contributed by atoms with van der Waals surface area (Å²) in [5, 5.41) is 3.48. The van der Waals surface area contributed by atoms with Crippen LogP contribution in [0.15, 0.2) is 24.3 Å². The van der Waals surface area contributed by atoms with Crippen molar-refractivity contribution in [3.63, 3.8) is 0 Å². The van der Waals surface area contributed by atoms with Gasteiger partial charge in [-0.25, -0.2) is 0 Å². The molecule has 1 aromatic carbocycles. The topological polar surface area (TPSA) is 30.5 Å². The maximum Gasteiger partial charge on any atom is 0.172 e. The molecule has 1 aromatic rings. The minimum Gasteiger partial charge on any atom is -0.354 e. The summed E-state index contributed by atoms with van der Waals surface area (Å²) in [6, 6.07) is 8.75. The quantitative estimate of drug-likeness (QED) is 0.569. The van der Waals surface area contributed by atoms with Crippen LogP contribution in [-0.4, -0.2) is 33.1 Å². The molecular weight excluding hydrogens is 341 g/mol. The molecule has 18 heavy (non-hydrogen) atoms. The van der Waals surface area contributed by atoms with Gasteiger partial charge in [0.15, 0.2) is 6.29 Å². The van der Waals surface area contributed by atoms with Crippen LogP contribution in [0.5, 0.6) is 0 Å². The Morgan fingerprint density at radius 1 is 1.17 bits per heavy atom. The Bertz CT molecular complexity index is 325. The van der Waals surface area contributed by atoms with Crippen molar-refractivity contribution in [1.82, 2.24) is 5.32 Å². The average Bonchev–Trinajstić information content (AvgIpc) is 2.39. The molecule has 0 saturated heterocycles. The number of nitrogens with one attached hydrogen (secondary N) is 1. The van der Waals surface area contributed by atoms with Crippen LogP contribution in [-0.2, 0) is 15.9 Å². The van der Waals surface area contributed by atoms with E-state index in [1.54, 1.807) is 14.2 Å². The molecule has 4 heteroatoms. The van der Waals surface area contributed by atoms with Gasteiger partial charge in [0.05, 0.1) is 6.04 Å². The third kappa shape index (κ3) is 5.22. The lowest BCUT2D eigenvalue weighted by molar-refractivity contribution is -0.122. The molecule has 0 aliphatic heterocycles. The summed E-state index contributed by atoms with van der Waals surface area (Å²) in [5.74, 6) is 0. The number of rotatable bonds is 8. The Hall–Kier alpha value is -0.170. The first-order valence-corrected chi connectivity index (χ1v) is 7.32. The molecule has 0 aliphatic rings. The fourth-order valence-electron chi connectivity index (χ4n) is 1.89. The third-order valence-corrected chi connectivity index (χ3v) is 3.54. The van der Waals surface area contributed by atoms with Gasteiger partial charge in [-0.05, 0) is 59.7 Å². The summed E-state index contributed by atoms with van der Waals surface area (Å²) >= 11 is 2.32. The molecule has 1 N–H and O–H groups in total. The fourth-order valence-corrected chi connectivity index (χ4v) is 2.25. The largest absolute Gasteiger partial charge is 0.354 e. The molecule has 0 fully saturated rings. The lowest BCUT2D eigenvalue weighted by Crippen LogP contribution is -2.44. The summed E-state index contributed by atoms with van der Waals surface area (Å²) < 4.78 is 12.0. The van der Waals surface area contributed by atoms with Crippen molar-refractivity contribution < 1.29 is 9.47 Å². The number of methoxy groups -OCH3 is 2. The van der Waals surface area contributed by atoms with Crippen LogP contribution in [0, 0.1) is 3.57 Å². The van der Waals surface area contributed by atoms with Crippen molar-refractivity contribution >= 4 is 22.6 Å². The highest BCUT2D eigenvalue weighted by Crippen LogP contribution is 2.12. The highest BCUT2D eigenvalue weighted by atomic mass is 127. The van der Waals surface area contributed by atoms with Gasteiger partial charge in [0.25, 0.3) is 0 Å². The number of benzene rings is 1. The van der Waals surface area contributed by atoms with Gasteiger partial charge in [-0.15, -0.1) is 0 Å². The lowest BCUT2D eigenvalue weighted by Gasteiger charge is -2.26. The van der Waals surface area contributed by atoms with Crippen LogP contribution in [0.3, 0.4) is 0 Å². The van der Waals surface area contributed by atoms with Gasteiger partial charge in [-0.1, -0.05) is 19.1 Å². The maximum atomic E-state index is 5.37. The number of hydrogen-bond acceptors (Lipinski definition) is 3. The van der Waals surface area contributed by atoms with Gasteiger partial charge in [-0.2, -0.15) is 0 Å². The first kappa shape index (κ1) is 15.9. The first-order valence-electron chi connectivity index (χ1n) is 6.24. The van der Waals surface area contributed by atoms with E-state index in [4.69, 9.17) is 9.47 Å². The molecule has 0 amide bonds. The molecule has 0 bridgehead atoms. The van der Waals surface area contributed by atoms with Crippen LogP contribution < -0.4 is 5.32 Å². The van der Waals surface area contributed by atoms with E-state index in [2.05, 4.69) is 59.1 Å². The monoisotopic (exact) mass is 363 g/mol. The Kier molecular flexibility index (Phi) is 7.81. The molecule has 3 nitrogen and oxygen atoms in total. The minimum atomic E-state index is -0.212. The molecular formula is C14H22INO2. The van der Waals surface area contributed by atoms with Crippen LogP contribution >= 0.6 is 22.6 Å². The van der Waals surface area contributed by atoms with Gasteiger partial charge < -0.3 is 14.8 Å². The highest BCUT2D eigenvalue weighted by Gasteiger charge is 2.20. The van der Waals surface area contributed by atoms with Crippen molar-refractivity contribution in [2.24, 2.45) is 0 Å². The van der Waals surface area contributed by atoms with Crippen molar-refractivity contribution in [3.05, 3.63) is 33.4 Å². The average molecular weight is 363 g/mol. The van der Waals surface area contributed by atoms with Gasteiger partial charge >= 0.3 is 0 Å². The zero-order valence-corrected chi connectivity index (χ0v) is 13.4. The molecule has 0 aliphatic carbocycles. The van der Waals surface area contributed by atoms with Crippen molar-refractivity contribution in [3.8, 4) is 0 Å². The van der Waals surface area contributed by atoms with E-state index in [1.807, 2.05) is 0 Å². The van der Waals surface area contributed by atoms with Crippen LogP contribution in [0.4, 0.5) is 0 Å². The second-order valence-electron chi connectivity index (χ2n) is 4.23. The SMILES string of the molecule is CCCNC(Cc1ccc(I)cc1)C(OC)OC. The van der Waals surface area contributed by atoms with Crippen LogP contribution in [0.25, 0.3) is 0 Å². The summed E-state index contributed by atoms with van der Waals surface area (Å²) in [4.78, 5) is 0. The summed E-state index contributed by atoms with van der Waals surface area (Å²) in [5.41, 5.74) is 1.29. The molecule has 1 unspecified atom stereocenters. The molecule has 0 heterocycles. The second-order valence-corrected chi connectivity index (χ2v) is 5.48. The second kappa shape index (κ2) is 8.85. The Morgan fingerprint density at radius 3 is 2.28 bits per heavy atom. The van der Waals surface area contributed by atoms with E-state index in [9.17, 15) is 0 Å². The summed E-state index contributed by atoms with van der Waals surface area (Å²) in [6.07, 6.45) is 1.79. The molecule has 0 spiro atoms. The van der Waals surface area contributed by atoms with Crippen molar-refractivity contribution in [1.29, 1.82) is 0 Å². The van der Waals surface area contributed by atoms with E-state index >= 15 is 0 Å². The zero-order valence-electron chi connectivity index (χ0n) is 11.3. The molecule has 1 atom stereocenters. The minimum absolute atomic E-state index is 0.181. The number of ether oxygens (including phenoxy) is 2. The van der Waals surface area contributed by atoms with E-state index in [1.165, 1.54) is 9.13 Å².